The zero-order valence-corrected chi connectivity index (χ0v) is 15.2. The van der Waals surface area contributed by atoms with Crippen molar-refractivity contribution >= 4 is 58.8 Å². The summed E-state index contributed by atoms with van der Waals surface area (Å²) in [6.07, 6.45) is 0.999. The number of hydrogen-bond donors (Lipinski definition) is 2. The average Bonchev–Trinajstić information content (AvgIpc) is 2.76. The molecule has 0 spiro atoms. The summed E-state index contributed by atoms with van der Waals surface area (Å²) in [5.41, 5.74) is 6.25. The van der Waals surface area contributed by atoms with E-state index in [0.717, 1.165) is 19.5 Å². The van der Waals surface area contributed by atoms with Crippen molar-refractivity contribution in [3.63, 3.8) is 0 Å². The number of hydrogen-bond acceptors (Lipinski definition) is 3. The Morgan fingerprint density at radius 1 is 1.36 bits per heavy atom. The minimum atomic E-state index is -0.151. The van der Waals surface area contributed by atoms with E-state index in [-0.39, 0.29) is 23.7 Å². The summed E-state index contributed by atoms with van der Waals surface area (Å²) in [7, 11) is 0. The van der Waals surface area contributed by atoms with Crippen LogP contribution in [0.1, 0.15) is 13.3 Å². The van der Waals surface area contributed by atoms with Crippen LogP contribution in [-0.2, 0) is 4.79 Å². The Morgan fingerprint density at radius 3 is 2.45 bits per heavy atom. The van der Waals surface area contributed by atoms with Gasteiger partial charge in [0.1, 0.15) is 0 Å². The van der Waals surface area contributed by atoms with Crippen LogP contribution in [0.5, 0.6) is 0 Å². The third-order valence-corrected chi connectivity index (χ3v) is 4.58. The van der Waals surface area contributed by atoms with Crippen molar-refractivity contribution in [2.45, 2.75) is 13.3 Å². The normalized spacial score (nSPS) is 21.5. The third kappa shape index (κ3) is 4.88. The van der Waals surface area contributed by atoms with Crippen molar-refractivity contribution < 1.29 is 4.79 Å². The maximum absolute atomic E-state index is 12.1. The molecule has 3 N–H and O–H groups in total. The van der Waals surface area contributed by atoms with Gasteiger partial charge in [-0.1, -0.05) is 41.7 Å². The standard InChI is InChI=1S/C14H18Cl3N3O.ClH/c1-14(7-18)2-3-20(8-14)6-12(21)19-13-10(16)4-9(15)5-11(13)17;/h4-5H,2-3,6-8,18H2,1H3,(H,19,21);1H. The molecule has 1 aromatic rings. The van der Waals surface area contributed by atoms with E-state index < -0.39 is 0 Å². The van der Waals surface area contributed by atoms with Crippen LogP contribution in [0.4, 0.5) is 5.69 Å². The number of carbonyl (C=O) groups excluding carboxylic acids is 1. The monoisotopic (exact) mass is 385 g/mol. The molecule has 1 aliphatic rings. The smallest absolute Gasteiger partial charge is 0.238 e. The van der Waals surface area contributed by atoms with E-state index in [1.165, 1.54) is 0 Å². The summed E-state index contributed by atoms with van der Waals surface area (Å²) < 4.78 is 0. The molecule has 8 heteroatoms. The van der Waals surface area contributed by atoms with Gasteiger partial charge in [0, 0.05) is 11.6 Å². The summed E-state index contributed by atoms with van der Waals surface area (Å²) in [5, 5.41) is 3.83. The maximum Gasteiger partial charge on any atom is 0.238 e. The summed E-state index contributed by atoms with van der Waals surface area (Å²) in [6.45, 7) is 4.74. The van der Waals surface area contributed by atoms with Crippen LogP contribution >= 0.6 is 47.2 Å². The highest BCUT2D eigenvalue weighted by atomic mass is 35.5. The first-order chi connectivity index (χ1) is 9.83. The second-order valence-corrected chi connectivity index (χ2v) is 7.02. The van der Waals surface area contributed by atoms with Gasteiger partial charge in [-0.05, 0) is 37.1 Å². The van der Waals surface area contributed by atoms with Crippen molar-refractivity contribution in [3.8, 4) is 0 Å². The molecule has 124 valence electrons. The molecule has 2 rings (SSSR count). The fourth-order valence-corrected chi connectivity index (χ4v) is 3.38. The highest BCUT2D eigenvalue weighted by Gasteiger charge is 2.33. The number of nitrogens with one attached hydrogen (secondary N) is 1. The average molecular weight is 387 g/mol. The summed E-state index contributed by atoms with van der Waals surface area (Å²) >= 11 is 17.9. The fourth-order valence-electron chi connectivity index (χ4n) is 2.47. The molecule has 1 fully saturated rings. The van der Waals surface area contributed by atoms with Crippen molar-refractivity contribution in [2.75, 3.05) is 31.5 Å². The quantitative estimate of drug-likeness (QED) is 0.829. The number of amides is 1. The molecule has 22 heavy (non-hydrogen) atoms. The zero-order chi connectivity index (χ0) is 15.6. The van der Waals surface area contributed by atoms with Gasteiger partial charge in [-0.3, -0.25) is 9.69 Å². The van der Waals surface area contributed by atoms with Gasteiger partial charge in [0.15, 0.2) is 0 Å². The zero-order valence-electron chi connectivity index (χ0n) is 12.2. The van der Waals surface area contributed by atoms with Gasteiger partial charge in [0.2, 0.25) is 5.91 Å². The number of benzene rings is 1. The van der Waals surface area contributed by atoms with E-state index in [9.17, 15) is 4.79 Å². The van der Waals surface area contributed by atoms with Gasteiger partial charge in [-0.15, -0.1) is 12.4 Å². The van der Waals surface area contributed by atoms with Crippen LogP contribution in [0.25, 0.3) is 0 Å². The van der Waals surface area contributed by atoms with Crippen molar-refractivity contribution in [2.24, 2.45) is 11.1 Å². The molecule has 0 aliphatic carbocycles. The molecule has 0 aromatic heterocycles. The number of rotatable bonds is 4. The Balaban J connectivity index is 0.00000242. The Labute approximate surface area is 151 Å². The fraction of sp³-hybridized carbons (Fsp3) is 0.500. The molecule has 1 aliphatic heterocycles. The number of halogens is 4. The molecule has 1 heterocycles. The van der Waals surface area contributed by atoms with Gasteiger partial charge >= 0.3 is 0 Å². The first kappa shape index (κ1) is 19.8. The van der Waals surface area contributed by atoms with Gasteiger partial charge in [0.25, 0.3) is 0 Å². The van der Waals surface area contributed by atoms with E-state index in [4.69, 9.17) is 40.5 Å². The number of anilines is 1. The van der Waals surface area contributed by atoms with Gasteiger partial charge < -0.3 is 11.1 Å². The summed E-state index contributed by atoms with van der Waals surface area (Å²) in [5.74, 6) is -0.151. The lowest BCUT2D eigenvalue weighted by atomic mass is 9.90. The van der Waals surface area contributed by atoms with E-state index in [2.05, 4.69) is 17.1 Å². The van der Waals surface area contributed by atoms with E-state index in [0.29, 0.717) is 33.8 Å². The first-order valence-electron chi connectivity index (χ1n) is 6.70. The molecule has 1 amide bonds. The predicted octanol–water partition coefficient (Wildman–Crippen LogP) is 3.68. The van der Waals surface area contributed by atoms with Crippen molar-refractivity contribution in [3.05, 3.63) is 27.2 Å². The third-order valence-electron chi connectivity index (χ3n) is 3.77. The predicted molar refractivity (Wildman–Crippen MR) is 95.6 cm³/mol. The highest BCUT2D eigenvalue weighted by molar-refractivity contribution is 6.42. The topological polar surface area (TPSA) is 58.4 Å². The Morgan fingerprint density at radius 2 is 1.95 bits per heavy atom. The number of nitrogens with zero attached hydrogens (tertiary/aromatic N) is 1. The summed E-state index contributed by atoms with van der Waals surface area (Å²) in [4.78, 5) is 14.2. The molecule has 4 nitrogen and oxygen atoms in total. The lowest BCUT2D eigenvalue weighted by Crippen LogP contribution is -2.35. The van der Waals surface area contributed by atoms with Crippen LogP contribution < -0.4 is 11.1 Å². The van der Waals surface area contributed by atoms with Crippen LogP contribution in [0.3, 0.4) is 0 Å². The van der Waals surface area contributed by atoms with E-state index in [1.807, 2.05) is 0 Å². The second-order valence-electron chi connectivity index (χ2n) is 5.77. The molecule has 0 radical (unpaired) electrons. The van der Waals surface area contributed by atoms with Gasteiger partial charge in [0.05, 0.1) is 22.3 Å². The number of likely N-dealkylation sites (tertiary alicyclic amines) is 1. The SMILES string of the molecule is CC1(CN)CCN(CC(=O)Nc2c(Cl)cc(Cl)cc2Cl)C1.Cl. The van der Waals surface area contributed by atoms with Gasteiger partial charge in [-0.25, -0.2) is 0 Å². The molecule has 0 saturated carbocycles. The van der Waals surface area contributed by atoms with E-state index >= 15 is 0 Å². The highest BCUT2D eigenvalue weighted by Crippen LogP contribution is 2.34. The van der Waals surface area contributed by atoms with Crippen molar-refractivity contribution in [1.82, 2.24) is 4.90 Å². The second kappa shape index (κ2) is 8.04. The molecule has 1 saturated heterocycles. The van der Waals surface area contributed by atoms with Gasteiger partial charge in [-0.2, -0.15) is 0 Å². The Kier molecular flexibility index (Phi) is 7.24. The minimum absolute atomic E-state index is 0. The molecule has 1 aromatic carbocycles. The van der Waals surface area contributed by atoms with Crippen LogP contribution in [0, 0.1) is 5.41 Å². The largest absolute Gasteiger partial charge is 0.330 e. The lowest BCUT2D eigenvalue weighted by Gasteiger charge is -2.22. The van der Waals surface area contributed by atoms with E-state index in [1.54, 1.807) is 12.1 Å². The van der Waals surface area contributed by atoms with Crippen molar-refractivity contribution in [1.29, 1.82) is 0 Å². The Bertz CT molecular complexity index is 532. The van der Waals surface area contributed by atoms with Crippen LogP contribution in [0.15, 0.2) is 12.1 Å². The molecule has 1 atom stereocenters. The molecule has 1 unspecified atom stereocenters. The molecular formula is C14H19Cl4N3O. The van der Waals surface area contributed by atoms with Crippen LogP contribution in [-0.4, -0.2) is 37.0 Å². The maximum atomic E-state index is 12.1. The Hall–Kier alpha value is -0.230. The molecule has 0 bridgehead atoms. The summed E-state index contributed by atoms with van der Waals surface area (Å²) in [6, 6.07) is 3.10. The molecular weight excluding hydrogens is 368 g/mol. The van der Waals surface area contributed by atoms with Crippen LogP contribution in [0.2, 0.25) is 15.1 Å². The minimum Gasteiger partial charge on any atom is -0.330 e. The lowest BCUT2D eigenvalue weighted by molar-refractivity contribution is -0.117. The first-order valence-corrected chi connectivity index (χ1v) is 7.83. The number of carbonyl (C=O) groups is 1. The number of nitrogens with two attached hydrogens (primary N) is 1.